The van der Waals surface area contributed by atoms with Crippen LogP contribution in [-0.4, -0.2) is 44.0 Å². The third-order valence-corrected chi connectivity index (χ3v) is 8.90. The SMILES string of the molecule is COc1ccc(O[C@@H]2CCc3cc(C(OC(=O)[C@@H](C)c4ccccc4)(C(F)(F)F)C(F)(F)F)ccc3N(C(=O)[C@@H](C)c3ccccc3)C2)cc1. The van der Waals surface area contributed by atoms with E-state index in [1.165, 1.54) is 43.2 Å². The van der Waals surface area contributed by atoms with Crippen molar-refractivity contribution in [3.05, 3.63) is 125 Å². The topological polar surface area (TPSA) is 65.1 Å². The number of halogens is 6. The number of amides is 1. The Morgan fingerprint density at radius 3 is 1.82 bits per heavy atom. The van der Waals surface area contributed by atoms with Crippen molar-refractivity contribution in [2.75, 3.05) is 18.6 Å². The summed E-state index contributed by atoms with van der Waals surface area (Å²) in [4.78, 5) is 28.5. The Kier molecular flexibility index (Phi) is 10.5. The maximum absolute atomic E-state index is 14.9. The zero-order chi connectivity index (χ0) is 36.3. The largest absolute Gasteiger partial charge is 0.497 e. The van der Waals surface area contributed by atoms with Crippen molar-refractivity contribution < 1.29 is 50.1 Å². The highest BCUT2D eigenvalue weighted by atomic mass is 19.4. The number of methoxy groups -OCH3 is 1. The van der Waals surface area contributed by atoms with Crippen LogP contribution in [0.1, 0.15) is 54.4 Å². The van der Waals surface area contributed by atoms with Gasteiger partial charge in [-0.05, 0) is 79.8 Å². The highest BCUT2D eigenvalue weighted by molar-refractivity contribution is 5.98. The average Bonchev–Trinajstić information content (AvgIpc) is 3.28. The van der Waals surface area contributed by atoms with Gasteiger partial charge in [-0.15, -0.1) is 0 Å². The molecule has 12 heteroatoms. The average molecular weight is 700 g/mol. The Morgan fingerprint density at radius 2 is 1.28 bits per heavy atom. The fourth-order valence-electron chi connectivity index (χ4n) is 6.03. The molecule has 6 nitrogen and oxygen atoms in total. The molecule has 0 bridgehead atoms. The lowest BCUT2D eigenvalue weighted by atomic mass is 9.88. The number of alkyl halides is 6. The molecule has 3 atom stereocenters. The Hall–Kier alpha value is -5.00. The van der Waals surface area contributed by atoms with Crippen molar-refractivity contribution in [1.29, 1.82) is 0 Å². The van der Waals surface area contributed by atoms with E-state index in [2.05, 4.69) is 4.74 Å². The molecule has 264 valence electrons. The van der Waals surface area contributed by atoms with Crippen LogP contribution in [0, 0.1) is 0 Å². The standard InChI is InChI=1S/C38H35F6NO5/c1-24(26-10-6-4-7-11-26)34(46)45-23-32(49-31-19-17-30(48-3)18-20-31)16-14-28-22-29(15-21-33(28)45)36(37(39,40)41,38(42,43)44)50-35(47)25(2)27-12-8-5-9-13-27/h4-13,15,17-22,24-25,32H,14,16,23H2,1-3H3/t24-,25-,32+/m0/s1. The minimum atomic E-state index is -6.10. The molecule has 0 radical (unpaired) electrons. The van der Waals surface area contributed by atoms with Gasteiger partial charge in [-0.1, -0.05) is 66.7 Å². The van der Waals surface area contributed by atoms with Crippen molar-refractivity contribution in [3.63, 3.8) is 0 Å². The Bertz CT molecular complexity index is 1760. The van der Waals surface area contributed by atoms with E-state index >= 15 is 0 Å². The first kappa shape index (κ1) is 36.3. The zero-order valence-corrected chi connectivity index (χ0v) is 27.4. The first-order chi connectivity index (χ1) is 23.7. The number of ether oxygens (including phenoxy) is 3. The van der Waals surface area contributed by atoms with Crippen LogP contribution in [-0.2, 0) is 26.3 Å². The fourth-order valence-corrected chi connectivity index (χ4v) is 6.03. The van der Waals surface area contributed by atoms with Gasteiger partial charge in [-0.25, -0.2) is 0 Å². The van der Waals surface area contributed by atoms with Gasteiger partial charge < -0.3 is 19.1 Å². The molecule has 5 rings (SSSR count). The van der Waals surface area contributed by atoms with Crippen LogP contribution in [0.15, 0.2) is 103 Å². The first-order valence-electron chi connectivity index (χ1n) is 15.9. The summed E-state index contributed by atoms with van der Waals surface area (Å²) in [5.41, 5.74) is -5.32. The molecule has 0 saturated heterocycles. The van der Waals surface area contributed by atoms with Crippen molar-refractivity contribution in [2.24, 2.45) is 0 Å². The van der Waals surface area contributed by atoms with Crippen molar-refractivity contribution in [3.8, 4) is 11.5 Å². The van der Waals surface area contributed by atoms with E-state index in [9.17, 15) is 35.9 Å². The summed E-state index contributed by atoms with van der Waals surface area (Å²) in [6.07, 6.45) is -12.8. The molecule has 0 aliphatic carbocycles. The summed E-state index contributed by atoms with van der Waals surface area (Å²) in [6, 6.07) is 25.3. The number of hydrogen-bond donors (Lipinski definition) is 0. The van der Waals surface area contributed by atoms with Crippen LogP contribution in [0.4, 0.5) is 32.0 Å². The van der Waals surface area contributed by atoms with Crippen molar-refractivity contribution in [2.45, 2.75) is 62.6 Å². The molecule has 1 aliphatic rings. The van der Waals surface area contributed by atoms with Crippen molar-refractivity contribution in [1.82, 2.24) is 0 Å². The van der Waals surface area contributed by atoms with Gasteiger partial charge in [0, 0.05) is 11.3 Å². The van der Waals surface area contributed by atoms with E-state index in [0.29, 0.717) is 23.1 Å². The monoisotopic (exact) mass is 699 g/mol. The second-order valence-corrected chi connectivity index (χ2v) is 12.1. The number of hydrogen-bond acceptors (Lipinski definition) is 5. The Morgan fingerprint density at radius 1 is 0.740 bits per heavy atom. The maximum atomic E-state index is 14.9. The number of nitrogens with zero attached hydrogens (tertiary/aromatic N) is 1. The second-order valence-electron chi connectivity index (χ2n) is 12.1. The normalized spacial score (nSPS) is 16.4. The maximum Gasteiger partial charge on any atom is 0.442 e. The third-order valence-electron chi connectivity index (χ3n) is 8.90. The van der Waals surface area contributed by atoms with Crippen molar-refractivity contribution >= 4 is 17.6 Å². The Balaban J connectivity index is 1.58. The molecule has 1 aliphatic heterocycles. The number of esters is 1. The second kappa shape index (κ2) is 14.5. The fraction of sp³-hybridized carbons (Fsp3) is 0.316. The molecular weight excluding hydrogens is 664 g/mol. The Labute approximate surface area is 285 Å². The van der Waals surface area contributed by atoms with E-state index in [-0.39, 0.29) is 36.2 Å². The number of carbonyl (C=O) groups is 2. The molecular formula is C38H35F6NO5. The van der Waals surface area contributed by atoms with Gasteiger partial charge in [0.15, 0.2) is 0 Å². The van der Waals surface area contributed by atoms with Crippen LogP contribution in [0.5, 0.6) is 11.5 Å². The lowest BCUT2D eigenvalue weighted by Crippen LogP contribution is -2.57. The molecule has 50 heavy (non-hydrogen) atoms. The minimum absolute atomic E-state index is 0.0296. The van der Waals surface area contributed by atoms with E-state index in [1.807, 2.05) is 0 Å². The predicted molar refractivity (Wildman–Crippen MR) is 174 cm³/mol. The quantitative estimate of drug-likeness (QED) is 0.129. The summed E-state index contributed by atoms with van der Waals surface area (Å²) in [6.45, 7) is 2.80. The predicted octanol–water partition coefficient (Wildman–Crippen LogP) is 8.89. The summed E-state index contributed by atoms with van der Waals surface area (Å²) >= 11 is 0. The van der Waals surface area contributed by atoms with Gasteiger partial charge in [0.25, 0.3) is 0 Å². The number of benzene rings is 4. The van der Waals surface area contributed by atoms with Crippen LogP contribution in [0.3, 0.4) is 0 Å². The molecule has 0 spiro atoms. The lowest BCUT2D eigenvalue weighted by Gasteiger charge is -2.38. The summed E-state index contributed by atoms with van der Waals surface area (Å²) in [5.74, 6) is -3.29. The van der Waals surface area contributed by atoms with Crippen LogP contribution >= 0.6 is 0 Å². The van der Waals surface area contributed by atoms with Gasteiger partial charge in [0.2, 0.25) is 5.91 Å². The van der Waals surface area contributed by atoms with Gasteiger partial charge in [-0.2, -0.15) is 26.3 Å². The molecule has 0 unspecified atom stereocenters. The third kappa shape index (κ3) is 7.29. The minimum Gasteiger partial charge on any atom is -0.497 e. The van der Waals surface area contributed by atoms with Gasteiger partial charge in [-0.3, -0.25) is 9.59 Å². The van der Waals surface area contributed by atoms with E-state index in [1.54, 1.807) is 67.6 Å². The lowest BCUT2D eigenvalue weighted by molar-refractivity contribution is -0.378. The van der Waals surface area contributed by atoms with Gasteiger partial charge >= 0.3 is 23.9 Å². The molecule has 4 aromatic carbocycles. The van der Waals surface area contributed by atoms with Gasteiger partial charge in [0.05, 0.1) is 25.5 Å². The number of aryl methyl sites for hydroxylation is 1. The molecule has 0 aromatic heterocycles. The van der Waals surface area contributed by atoms with E-state index in [4.69, 9.17) is 9.47 Å². The van der Waals surface area contributed by atoms with Crippen LogP contribution in [0.2, 0.25) is 0 Å². The summed E-state index contributed by atoms with van der Waals surface area (Å²) in [5, 5.41) is 0. The number of rotatable bonds is 9. The number of anilines is 1. The van der Waals surface area contributed by atoms with E-state index in [0.717, 1.165) is 12.1 Å². The van der Waals surface area contributed by atoms with Crippen LogP contribution < -0.4 is 14.4 Å². The first-order valence-corrected chi connectivity index (χ1v) is 15.9. The van der Waals surface area contributed by atoms with Crippen LogP contribution in [0.25, 0.3) is 0 Å². The number of fused-ring (bicyclic) bond motifs is 1. The molecule has 0 fully saturated rings. The highest BCUT2D eigenvalue weighted by Crippen LogP contribution is 2.54. The molecule has 1 amide bonds. The molecule has 0 saturated carbocycles. The summed E-state index contributed by atoms with van der Waals surface area (Å²) < 4.78 is 105. The molecule has 4 aromatic rings. The summed E-state index contributed by atoms with van der Waals surface area (Å²) in [7, 11) is 1.50. The zero-order valence-electron chi connectivity index (χ0n) is 27.4. The van der Waals surface area contributed by atoms with Gasteiger partial charge in [0.1, 0.15) is 17.6 Å². The highest BCUT2D eigenvalue weighted by Gasteiger charge is 2.75. The number of carbonyl (C=O) groups excluding carboxylic acids is 2. The van der Waals surface area contributed by atoms with E-state index < -0.39 is 53.3 Å². The molecule has 0 N–H and O–H groups in total. The smallest absolute Gasteiger partial charge is 0.442 e. The molecule has 1 heterocycles.